The number of nitrogens with one attached hydrogen (secondary N) is 1. The number of nitrogens with zero attached hydrogens (tertiary/aromatic N) is 1. The molecule has 9 heteroatoms. The van der Waals surface area contributed by atoms with E-state index in [9.17, 15) is 19.2 Å². The Morgan fingerprint density at radius 3 is 2.42 bits per heavy atom. The maximum atomic E-state index is 12.5. The van der Waals surface area contributed by atoms with Gasteiger partial charge in [-0.05, 0) is 18.8 Å². The van der Waals surface area contributed by atoms with Gasteiger partial charge in [0.05, 0.1) is 12.5 Å². The Kier molecular flexibility index (Phi) is 7.15. The fourth-order valence-electron chi connectivity index (χ4n) is 2.63. The van der Waals surface area contributed by atoms with E-state index in [0.29, 0.717) is 19.4 Å². The highest BCUT2D eigenvalue weighted by Gasteiger charge is 2.38. The number of aliphatic carboxylic acids is 2. The van der Waals surface area contributed by atoms with Crippen molar-refractivity contribution in [3.05, 3.63) is 0 Å². The highest BCUT2D eigenvalue weighted by Crippen LogP contribution is 2.20. The third-order valence-electron chi connectivity index (χ3n) is 4.37. The summed E-state index contributed by atoms with van der Waals surface area (Å²) in [6.45, 7) is 4.13. The summed E-state index contributed by atoms with van der Waals surface area (Å²) < 4.78 is 0. The molecule has 9 nitrogen and oxygen atoms in total. The predicted molar refractivity (Wildman–Crippen MR) is 84.0 cm³/mol. The minimum absolute atomic E-state index is 0.0411. The van der Waals surface area contributed by atoms with Gasteiger partial charge in [0.15, 0.2) is 0 Å². The van der Waals surface area contributed by atoms with Gasteiger partial charge in [0.1, 0.15) is 12.1 Å². The average molecular weight is 343 g/mol. The number of carboxylic acids is 2. The molecule has 0 aromatic carbocycles. The first-order valence-electron chi connectivity index (χ1n) is 8.00. The van der Waals surface area contributed by atoms with Crippen LogP contribution in [0, 0.1) is 5.92 Å². The summed E-state index contributed by atoms with van der Waals surface area (Å²) >= 11 is 0. The van der Waals surface area contributed by atoms with E-state index in [-0.39, 0.29) is 11.8 Å². The molecule has 0 bridgehead atoms. The highest BCUT2D eigenvalue weighted by molar-refractivity contribution is 5.93. The van der Waals surface area contributed by atoms with Crippen molar-refractivity contribution in [1.82, 2.24) is 10.2 Å². The molecular weight excluding hydrogens is 318 g/mol. The van der Waals surface area contributed by atoms with Gasteiger partial charge in [-0.15, -0.1) is 0 Å². The number of hydrogen-bond acceptors (Lipinski definition) is 5. The molecule has 0 aromatic heterocycles. The van der Waals surface area contributed by atoms with Crippen LogP contribution in [-0.4, -0.2) is 63.5 Å². The van der Waals surface area contributed by atoms with Crippen molar-refractivity contribution in [2.24, 2.45) is 11.7 Å². The summed E-state index contributed by atoms with van der Waals surface area (Å²) in [5.74, 6) is -3.81. The number of hydrogen-bond donors (Lipinski definition) is 4. The van der Waals surface area contributed by atoms with Crippen LogP contribution in [0.25, 0.3) is 0 Å². The quantitative estimate of drug-likeness (QED) is 0.459. The highest BCUT2D eigenvalue weighted by atomic mass is 16.4. The second-order valence-electron chi connectivity index (χ2n) is 6.10. The Morgan fingerprint density at radius 2 is 1.92 bits per heavy atom. The fourth-order valence-corrected chi connectivity index (χ4v) is 2.63. The molecule has 1 aliphatic rings. The standard InChI is InChI=1S/C15H25N3O6/c1-3-8(2)12(16)14(22)18-6-4-5-10(18)13(21)17-9(15(23)24)7-11(19)20/h8-10,12H,3-7,16H2,1-2H3,(H,17,21)(H,19,20)(H,23,24). The largest absolute Gasteiger partial charge is 0.481 e. The molecule has 24 heavy (non-hydrogen) atoms. The molecule has 0 spiro atoms. The van der Waals surface area contributed by atoms with Crippen molar-refractivity contribution < 1.29 is 29.4 Å². The van der Waals surface area contributed by atoms with E-state index < -0.39 is 42.4 Å². The third-order valence-corrected chi connectivity index (χ3v) is 4.37. The number of rotatable bonds is 8. The molecule has 1 aliphatic heterocycles. The Balaban J connectivity index is 2.79. The normalized spacial score (nSPS) is 21.0. The summed E-state index contributed by atoms with van der Waals surface area (Å²) in [7, 11) is 0. The minimum atomic E-state index is -1.53. The topological polar surface area (TPSA) is 150 Å². The van der Waals surface area contributed by atoms with E-state index in [1.165, 1.54) is 4.90 Å². The van der Waals surface area contributed by atoms with Gasteiger partial charge in [0.2, 0.25) is 11.8 Å². The summed E-state index contributed by atoms with van der Waals surface area (Å²) in [4.78, 5) is 47.9. The molecule has 136 valence electrons. The van der Waals surface area contributed by atoms with Crippen LogP contribution in [0.5, 0.6) is 0 Å². The van der Waals surface area contributed by atoms with Crippen molar-refractivity contribution in [3.8, 4) is 0 Å². The SMILES string of the molecule is CCC(C)C(N)C(=O)N1CCCC1C(=O)NC(CC(=O)O)C(=O)O. The van der Waals surface area contributed by atoms with Crippen molar-refractivity contribution in [2.45, 2.75) is 57.7 Å². The van der Waals surface area contributed by atoms with Crippen LogP contribution in [0.1, 0.15) is 39.5 Å². The second kappa shape index (κ2) is 8.62. The molecule has 5 N–H and O–H groups in total. The van der Waals surface area contributed by atoms with Crippen molar-refractivity contribution in [3.63, 3.8) is 0 Å². The molecule has 1 fully saturated rings. The Morgan fingerprint density at radius 1 is 1.29 bits per heavy atom. The Hall–Kier alpha value is -2.16. The summed E-state index contributed by atoms with van der Waals surface area (Å²) in [6.07, 6.45) is 0.989. The lowest BCUT2D eigenvalue weighted by Gasteiger charge is -2.29. The molecule has 0 saturated carbocycles. The van der Waals surface area contributed by atoms with Crippen LogP contribution in [0.2, 0.25) is 0 Å². The summed E-state index contributed by atoms with van der Waals surface area (Å²) in [5.41, 5.74) is 5.93. The predicted octanol–water partition coefficient (Wildman–Crippen LogP) is -0.605. The van der Waals surface area contributed by atoms with Crippen LogP contribution in [0.15, 0.2) is 0 Å². The molecule has 0 aliphatic carbocycles. The molecule has 1 saturated heterocycles. The van der Waals surface area contributed by atoms with E-state index in [1.54, 1.807) is 0 Å². The smallest absolute Gasteiger partial charge is 0.326 e. The van der Waals surface area contributed by atoms with Gasteiger partial charge in [-0.1, -0.05) is 20.3 Å². The van der Waals surface area contributed by atoms with Gasteiger partial charge < -0.3 is 26.2 Å². The molecule has 2 amide bonds. The zero-order chi connectivity index (χ0) is 18.4. The second-order valence-corrected chi connectivity index (χ2v) is 6.10. The number of carbonyl (C=O) groups excluding carboxylic acids is 2. The van der Waals surface area contributed by atoms with Crippen LogP contribution in [0.3, 0.4) is 0 Å². The van der Waals surface area contributed by atoms with E-state index in [4.69, 9.17) is 15.9 Å². The molecule has 0 aromatic rings. The monoisotopic (exact) mass is 343 g/mol. The fraction of sp³-hybridized carbons (Fsp3) is 0.733. The molecule has 4 unspecified atom stereocenters. The van der Waals surface area contributed by atoms with E-state index >= 15 is 0 Å². The number of carboxylic acid groups (broad SMARTS) is 2. The zero-order valence-corrected chi connectivity index (χ0v) is 13.9. The van der Waals surface area contributed by atoms with Gasteiger partial charge in [0.25, 0.3) is 0 Å². The van der Waals surface area contributed by atoms with Gasteiger partial charge in [0, 0.05) is 6.54 Å². The number of nitrogens with two attached hydrogens (primary N) is 1. The first-order valence-corrected chi connectivity index (χ1v) is 8.00. The third kappa shape index (κ3) is 4.92. The van der Waals surface area contributed by atoms with E-state index in [0.717, 1.165) is 6.42 Å². The summed E-state index contributed by atoms with van der Waals surface area (Å²) in [6, 6.07) is -3.07. The Labute approximate surface area is 140 Å². The first kappa shape index (κ1) is 19.9. The van der Waals surface area contributed by atoms with Crippen molar-refractivity contribution in [1.29, 1.82) is 0 Å². The van der Waals surface area contributed by atoms with Gasteiger partial charge in [-0.25, -0.2) is 4.79 Å². The lowest BCUT2D eigenvalue weighted by molar-refractivity contribution is -0.148. The molecule has 1 rings (SSSR count). The lowest BCUT2D eigenvalue weighted by atomic mass is 9.98. The van der Waals surface area contributed by atoms with Crippen LogP contribution in [0.4, 0.5) is 0 Å². The first-order chi connectivity index (χ1) is 11.2. The molecule has 4 atom stereocenters. The Bertz CT molecular complexity index is 509. The van der Waals surface area contributed by atoms with E-state index in [2.05, 4.69) is 5.32 Å². The van der Waals surface area contributed by atoms with Gasteiger partial charge in [-0.2, -0.15) is 0 Å². The molecule has 0 radical (unpaired) electrons. The van der Waals surface area contributed by atoms with Gasteiger partial charge in [-0.3, -0.25) is 14.4 Å². The summed E-state index contributed by atoms with van der Waals surface area (Å²) in [5, 5.41) is 19.9. The van der Waals surface area contributed by atoms with Gasteiger partial charge >= 0.3 is 11.9 Å². The van der Waals surface area contributed by atoms with Crippen molar-refractivity contribution in [2.75, 3.05) is 6.54 Å². The maximum absolute atomic E-state index is 12.5. The van der Waals surface area contributed by atoms with Crippen LogP contribution >= 0.6 is 0 Å². The number of amides is 2. The molecule has 1 heterocycles. The lowest BCUT2D eigenvalue weighted by Crippen LogP contribution is -2.55. The van der Waals surface area contributed by atoms with E-state index in [1.807, 2.05) is 13.8 Å². The number of likely N-dealkylation sites (tertiary alicyclic amines) is 1. The molecular formula is C15H25N3O6. The van der Waals surface area contributed by atoms with Crippen LogP contribution < -0.4 is 11.1 Å². The zero-order valence-electron chi connectivity index (χ0n) is 13.9. The van der Waals surface area contributed by atoms with Crippen molar-refractivity contribution >= 4 is 23.8 Å². The minimum Gasteiger partial charge on any atom is -0.481 e. The van der Waals surface area contributed by atoms with Crippen LogP contribution in [-0.2, 0) is 19.2 Å². The maximum Gasteiger partial charge on any atom is 0.326 e. The number of carbonyl (C=O) groups is 4. The average Bonchev–Trinajstić information content (AvgIpc) is 3.00.